The number of hydrogen-bond donors (Lipinski definition) is 0. The van der Waals surface area contributed by atoms with Gasteiger partial charge < -0.3 is 4.74 Å². The molecule has 0 aromatic carbocycles. The summed E-state index contributed by atoms with van der Waals surface area (Å²) >= 11 is 0. The molecule has 0 heterocycles. The summed E-state index contributed by atoms with van der Waals surface area (Å²) < 4.78 is 6.34. The summed E-state index contributed by atoms with van der Waals surface area (Å²) in [7, 11) is 0. The van der Waals surface area contributed by atoms with E-state index in [0.29, 0.717) is 12.8 Å². The van der Waals surface area contributed by atoms with E-state index in [1.807, 2.05) is 6.92 Å². The molecular formula is C34H66O3. The van der Waals surface area contributed by atoms with E-state index in [1.165, 1.54) is 0 Å². The summed E-state index contributed by atoms with van der Waals surface area (Å²) in [4.78, 5) is 26.7. The van der Waals surface area contributed by atoms with Crippen LogP contribution >= 0.6 is 0 Å². The van der Waals surface area contributed by atoms with Gasteiger partial charge in [0.15, 0.2) is 0 Å². The van der Waals surface area contributed by atoms with Gasteiger partial charge in [-0.1, -0.05) is 122 Å². The molecule has 0 aromatic heterocycles. The predicted octanol–water partition coefficient (Wildman–Crippen LogP) is 10.7. The number of rotatable bonds is 21. The Kier molecular flexibility index (Phi) is 15.9. The topological polar surface area (TPSA) is 43.4 Å². The minimum atomic E-state index is -0.331. The van der Waals surface area contributed by atoms with Crippen molar-refractivity contribution >= 4 is 11.8 Å². The number of hydrogen-bond acceptors (Lipinski definition) is 3. The lowest BCUT2D eigenvalue weighted by Crippen LogP contribution is -2.37. The first-order valence-corrected chi connectivity index (χ1v) is 16.0. The van der Waals surface area contributed by atoms with Crippen molar-refractivity contribution in [3.8, 4) is 0 Å². The Balaban J connectivity index is 6.05. The van der Waals surface area contributed by atoms with E-state index in [9.17, 15) is 9.59 Å². The van der Waals surface area contributed by atoms with Crippen molar-refractivity contribution < 1.29 is 14.3 Å². The van der Waals surface area contributed by atoms with Crippen molar-refractivity contribution in [1.29, 1.82) is 0 Å². The van der Waals surface area contributed by atoms with E-state index in [0.717, 1.165) is 77.0 Å². The van der Waals surface area contributed by atoms with E-state index >= 15 is 0 Å². The van der Waals surface area contributed by atoms with Gasteiger partial charge in [-0.2, -0.15) is 0 Å². The van der Waals surface area contributed by atoms with Gasteiger partial charge in [-0.3, -0.25) is 9.59 Å². The Bertz CT molecular complexity index is 648. The number of esters is 1. The molecular weight excluding hydrogens is 456 g/mol. The fourth-order valence-electron chi connectivity index (χ4n) is 6.31. The summed E-state index contributed by atoms with van der Waals surface area (Å²) in [5, 5.41) is 0. The van der Waals surface area contributed by atoms with Gasteiger partial charge in [0.2, 0.25) is 0 Å². The van der Waals surface area contributed by atoms with E-state index in [-0.39, 0.29) is 45.4 Å². The highest BCUT2D eigenvalue weighted by molar-refractivity contribution is 5.81. The third kappa shape index (κ3) is 11.0. The Morgan fingerprint density at radius 3 is 1.41 bits per heavy atom. The largest absolute Gasteiger partial charge is 0.462 e. The fraction of sp³-hybridized carbons (Fsp3) is 0.941. The van der Waals surface area contributed by atoms with E-state index < -0.39 is 0 Å². The van der Waals surface area contributed by atoms with Crippen LogP contribution < -0.4 is 0 Å². The molecule has 0 fully saturated rings. The highest BCUT2D eigenvalue weighted by Crippen LogP contribution is 2.48. The Morgan fingerprint density at radius 2 is 1.05 bits per heavy atom. The van der Waals surface area contributed by atoms with Crippen LogP contribution in [0.15, 0.2) is 0 Å². The SMILES string of the molecule is CCC(C)C(=O)CC(CC(CC)(CC)CC(C)(CC)CC)OC(=O)CC(CC)(CC)CC(C)(CC)CC. The van der Waals surface area contributed by atoms with Crippen LogP contribution in [0.4, 0.5) is 0 Å². The quantitative estimate of drug-likeness (QED) is 0.141. The number of carbonyl (C=O) groups is 2. The second-order valence-corrected chi connectivity index (χ2v) is 13.3. The zero-order chi connectivity index (χ0) is 28.9. The van der Waals surface area contributed by atoms with Crippen LogP contribution in [0.3, 0.4) is 0 Å². The smallest absolute Gasteiger partial charge is 0.306 e. The van der Waals surface area contributed by atoms with Crippen molar-refractivity contribution in [2.24, 2.45) is 27.6 Å². The monoisotopic (exact) mass is 523 g/mol. The first-order valence-electron chi connectivity index (χ1n) is 16.0. The third-order valence-corrected chi connectivity index (χ3v) is 11.1. The zero-order valence-corrected chi connectivity index (χ0v) is 27.3. The van der Waals surface area contributed by atoms with Crippen LogP contribution in [0.5, 0.6) is 0 Å². The van der Waals surface area contributed by atoms with Crippen LogP contribution in [0.1, 0.15) is 173 Å². The fourth-order valence-corrected chi connectivity index (χ4v) is 6.31. The summed E-state index contributed by atoms with van der Waals surface area (Å²) in [6.45, 7) is 27.0. The molecule has 0 saturated heterocycles. The van der Waals surface area contributed by atoms with Gasteiger partial charge in [0.1, 0.15) is 11.9 Å². The molecule has 0 amide bonds. The molecule has 3 nitrogen and oxygen atoms in total. The van der Waals surface area contributed by atoms with Crippen LogP contribution in [-0.2, 0) is 14.3 Å². The van der Waals surface area contributed by atoms with E-state index in [2.05, 4.69) is 76.2 Å². The molecule has 0 aliphatic carbocycles. The van der Waals surface area contributed by atoms with Crippen LogP contribution in [0.2, 0.25) is 0 Å². The lowest BCUT2D eigenvalue weighted by molar-refractivity contribution is -0.156. The highest BCUT2D eigenvalue weighted by atomic mass is 16.5. The van der Waals surface area contributed by atoms with Gasteiger partial charge in [0, 0.05) is 12.3 Å². The maximum atomic E-state index is 13.6. The summed E-state index contributed by atoms with van der Waals surface area (Å²) in [5.41, 5.74) is 0.546. The second kappa shape index (κ2) is 16.3. The maximum Gasteiger partial charge on any atom is 0.306 e. The van der Waals surface area contributed by atoms with Gasteiger partial charge in [0.25, 0.3) is 0 Å². The Labute approximate surface area is 232 Å². The molecule has 0 N–H and O–H groups in total. The molecule has 3 heteroatoms. The van der Waals surface area contributed by atoms with Gasteiger partial charge in [0.05, 0.1) is 6.42 Å². The summed E-state index contributed by atoms with van der Waals surface area (Å²) in [6, 6.07) is 0. The zero-order valence-electron chi connectivity index (χ0n) is 27.3. The van der Waals surface area contributed by atoms with Crippen LogP contribution in [0.25, 0.3) is 0 Å². The lowest BCUT2D eigenvalue weighted by atomic mass is 9.64. The maximum absolute atomic E-state index is 13.6. The summed E-state index contributed by atoms with van der Waals surface area (Å²) in [6.07, 6.45) is 12.8. The summed E-state index contributed by atoms with van der Waals surface area (Å²) in [5.74, 6) is 0.141. The molecule has 0 saturated carbocycles. The van der Waals surface area contributed by atoms with Gasteiger partial charge in [-0.25, -0.2) is 0 Å². The molecule has 0 aromatic rings. The minimum Gasteiger partial charge on any atom is -0.462 e. The van der Waals surface area contributed by atoms with Crippen molar-refractivity contribution in [3.63, 3.8) is 0 Å². The Morgan fingerprint density at radius 1 is 0.649 bits per heavy atom. The molecule has 0 bridgehead atoms. The molecule has 0 spiro atoms. The minimum absolute atomic E-state index is 0.00981. The van der Waals surface area contributed by atoms with Crippen LogP contribution in [0, 0.1) is 27.6 Å². The lowest BCUT2D eigenvalue weighted by Gasteiger charge is -2.43. The molecule has 220 valence electrons. The Hall–Kier alpha value is -0.860. The van der Waals surface area contributed by atoms with E-state index in [1.54, 1.807) is 0 Å². The first-order chi connectivity index (χ1) is 17.2. The number of ketones is 1. The normalized spacial score (nSPS) is 14.9. The molecule has 2 atom stereocenters. The standard InChI is InChI=1S/C34H66O3/c1-13-27(10)29(35)22-28(23-33(18-6,19-7)25-31(11,14-2)15-3)37-30(36)24-34(20-8,21-9)26-32(12,16-4)17-5/h27-28H,13-26H2,1-12H3. The highest BCUT2D eigenvalue weighted by Gasteiger charge is 2.40. The van der Waals surface area contributed by atoms with Gasteiger partial charge in [-0.15, -0.1) is 0 Å². The molecule has 2 unspecified atom stereocenters. The first kappa shape index (κ1) is 36.1. The number of Topliss-reactive ketones (excluding diaryl/α,β-unsaturated/α-hetero) is 1. The second-order valence-electron chi connectivity index (χ2n) is 13.3. The van der Waals surface area contributed by atoms with E-state index in [4.69, 9.17) is 4.74 Å². The van der Waals surface area contributed by atoms with Crippen molar-refractivity contribution in [1.82, 2.24) is 0 Å². The molecule has 37 heavy (non-hydrogen) atoms. The average Bonchev–Trinajstić information content (AvgIpc) is 2.91. The third-order valence-electron chi connectivity index (χ3n) is 11.1. The van der Waals surface area contributed by atoms with Crippen molar-refractivity contribution in [2.75, 3.05) is 0 Å². The van der Waals surface area contributed by atoms with Crippen molar-refractivity contribution in [2.45, 2.75) is 179 Å². The average molecular weight is 523 g/mol. The predicted molar refractivity (Wildman–Crippen MR) is 161 cm³/mol. The van der Waals surface area contributed by atoms with Crippen LogP contribution in [-0.4, -0.2) is 17.9 Å². The number of carbonyl (C=O) groups excluding carboxylic acids is 2. The number of ether oxygens (including phenoxy) is 1. The molecule has 0 rings (SSSR count). The van der Waals surface area contributed by atoms with Gasteiger partial charge in [-0.05, 0) is 60.2 Å². The van der Waals surface area contributed by atoms with Crippen molar-refractivity contribution in [3.05, 3.63) is 0 Å². The molecule has 0 aliphatic heterocycles. The molecule has 0 radical (unpaired) electrons. The molecule has 0 aliphatic rings. The van der Waals surface area contributed by atoms with Gasteiger partial charge >= 0.3 is 5.97 Å².